The van der Waals surface area contributed by atoms with Gasteiger partial charge in [0.1, 0.15) is 17.7 Å². The summed E-state index contributed by atoms with van der Waals surface area (Å²) >= 11 is 0. The molecule has 0 aliphatic carbocycles. The monoisotopic (exact) mass is 257 g/mol. The lowest BCUT2D eigenvalue weighted by atomic mass is 9.96. The van der Waals surface area contributed by atoms with Gasteiger partial charge in [-0.05, 0) is 29.7 Å². The van der Waals surface area contributed by atoms with Crippen LogP contribution in [0.15, 0.2) is 36.4 Å². The van der Waals surface area contributed by atoms with Gasteiger partial charge in [-0.1, -0.05) is 30.3 Å². The smallest absolute Gasteiger partial charge is 0.134 e. The molecule has 0 aromatic heterocycles. The van der Waals surface area contributed by atoms with Gasteiger partial charge < -0.3 is 10.5 Å². The minimum atomic E-state index is -0.245. The van der Waals surface area contributed by atoms with E-state index >= 15 is 0 Å². The van der Waals surface area contributed by atoms with Gasteiger partial charge in [0, 0.05) is 13.0 Å². The summed E-state index contributed by atoms with van der Waals surface area (Å²) in [6, 6.07) is 11.1. The topological polar surface area (TPSA) is 35.2 Å². The Morgan fingerprint density at radius 2 is 2.05 bits per heavy atom. The van der Waals surface area contributed by atoms with Gasteiger partial charge in [0.2, 0.25) is 0 Å². The number of aryl methyl sites for hydroxylation is 1. The molecule has 98 valence electrons. The Balaban J connectivity index is 2.18. The zero-order chi connectivity index (χ0) is 13.4. The van der Waals surface area contributed by atoms with E-state index in [0.717, 1.165) is 23.1 Å². The molecule has 2 nitrogen and oxygen atoms in total. The van der Waals surface area contributed by atoms with Gasteiger partial charge in [0.05, 0.1) is 5.56 Å². The Labute approximate surface area is 112 Å². The molecule has 2 aromatic carbocycles. The average Bonchev–Trinajstić information content (AvgIpc) is 2.83. The highest BCUT2D eigenvalue weighted by Crippen LogP contribution is 2.41. The van der Waals surface area contributed by atoms with Crippen molar-refractivity contribution < 1.29 is 9.13 Å². The molecule has 3 heteroatoms. The molecular formula is C16H16FNO. The highest BCUT2D eigenvalue weighted by atomic mass is 19.1. The summed E-state index contributed by atoms with van der Waals surface area (Å²) in [6.45, 7) is 2.42. The second-order valence-corrected chi connectivity index (χ2v) is 4.91. The minimum Gasteiger partial charge on any atom is -0.488 e. The molecule has 1 atom stereocenters. The zero-order valence-electron chi connectivity index (χ0n) is 10.8. The van der Waals surface area contributed by atoms with E-state index in [1.165, 1.54) is 6.07 Å². The Bertz CT molecular complexity index is 624. The van der Waals surface area contributed by atoms with E-state index in [1.807, 2.05) is 31.2 Å². The summed E-state index contributed by atoms with van der Waals surface area (Å²) in [5.74, 6) is 0.412. The lowest BCUT2D eigenvalue weighted by molar-refractivity contribution is 0.241. The van der Waals surface area contributed by atoms with Crippen molar-refractivity contribution in [1.82, 2.24) is 0 Å². The molecule has 1 heterocycles. The van der Waals surface area contributed by atoms with Crippen LogP contribution < -0.4 is 10.5 Å². The molecular weight excluding hydrogens is 241 g/mol. The third kappa shape index (κ3) is 2.00. The van der Waals surface area contributed by atoms with Crippen LogP contribution >= 0.6 is 0 Å². The Morgan fingerprint density at radius 3 is 2.79 bits per heavy atom. The summed E-state index contributed by atoms with van der Waals surface area (Å²) in [6.07, 6.45) is 0.713. The molecule has 3 rings (SSSR count). The number of hydrogen-bond donors (Lipinski definition) is 1. The molecule has 0 saturated heterocycles. The summed E-state index contributed by atoms with van der Waals surface area (Å²) in [5.41, 5.74) is 9.17. The third-order valence-corrected chi connectivity index (χ3v) is 3.60. The largest absolute Gasteiger partial charge is 0.488 e. The van der Waals surface area contributed by atoms with E-state index in [4.69, 9.17) is 10.5 Å². The molecule has 2 aromatic rings. The molecule has 1 aliphatic heterocycles. The highest BCUT2D eigenvalue weighted by Gasteiger charge is 2.27. The van der Waals surface area contributed by atoms with Crippen LogP contribution in [0.5, 0.6) is 5.75 Å². The molecule has 1 aliphatic rings. The number of rotatable bonds is 2. The van der Waals surface area contributed by atoms with Crippen LogP contribution in [0, 0.1) is 12.7 Å². The van der Waals surface area contributed by atoms with Crippen LogP contribution in [0.25, 0.3) is 11.1 Å². The van der Waals surface area contributed by atoms with Crippen molar-refractivity contribution in [2.24, 2.45) is 5.73 Å². The fourth-order valence-electron chi connectivity index (χ4n) is 2.59. The molecule has 2 N–H and O–H groups in total. The van der Waals surface area contributed by atoms with Crippen molar-refractivity contribution in [3.8, 4) is 16.9 Å². The van der Waals surface area contributed by atoms with Gasteiger partial charge in [0.15, 0.2) is 0 Å². The van der Waals surface area contributed by atoms with E-state index in [-0.39, 0.29) is 11.9 Å². The van der Waals surface area contributed by atoms with Crippen LogP contribution in [0.1, 0.15) is 11.1 Å². The van der Waals surface area contributed by atoms with Crippen molar-refractivity contribution >= 4 is 0 Å². The van der Waals surface area contributed by atoms with Gasteiger partial charge >= 0.3 is 0 Å². The quantitative estimate of drug-likeness (QED) is 0.897. The van der Waals surface area contributed by atoms with Crippen molar-refractivity contribution in [1.29, 1.82) is 0 Å². The van der Waals surface area contributed by atoms with E-state index in [2.05, 4.69) is 0 Å². The van der Waals surface area contributed by atoms with Gasteiger partial charge in [-0.3, -0.25) is 0 Å². The molecule has 0 spiro atoms. The number of ether oxygens (including phenoxy) is 1. The van der Waals surface area contributed by atoms with E-state index in [9.17, 15) is 4.39 Å². The first-order valence-corrected chi connectivity index (χ1v) is 6.45. The van der Waals surface area contributed by atoms with Crippen molar-refractivity contribution in [2.75, 3.05) is 6.54 Å². The second-order valence-electron chi connectivity index (χ2n) is 4.91. The van der Waals surface area contributed by atoms with Crippen LogP contribution in [0.3, 0.4) is 0 Å². The maximum Gasteiger partial charge on any atom is 0.134 e. The lowest BCUT2D eigenvalue weighted by Gasteiger charge is -2.13. The minimum absolute atomic E-state index is 0.0421. The van der Waals surface area contributed by atoms with Crippen molar-refractivity contribution in [3.05, 3.63) is 53.3 Å². The SMILES string of the molecule is Cc1ccccc1-c1c(F)ccc2c1O[C@H](CN)C2. The molecule has 0 amide bonds. The third-order valence-electron chi connectivity index (χ3n) is 3.60. The summed E-state index contributed by atoms with van der Waals surface area (Å²) in [7, 11) is 0. The van der Waals surface area contributed by atoms with Crippen molar-refractivity contribution in [3.63, 3.8) is 0 Å². The highest BCUT2D eigenvalue weighted by molar-refractivity contribution is 5.76. The first kappa shape index (κ1) is 12.2. The summed E-state index contributed by atoms with van der Waals surface area (Å²) < 4.78 is 20.0. The first-order chi connectivity index (χ1) is 9.20. The van der Waals surface area contributed by atoms with Crippen LogP contribution in [-0.2, 0) is 6.42 Å². The molecule has 0 fully saturated rings. The fourth-order valence-corrected chi connectivity index (χ4v) is 2.59. The second kappa shape index (κ2) is 4.67. The zero-order valence-corrected chi connectivity index (χ0v) is 10.8. The molecule has 0 radical (unpaired) electrons. The summed E-state index contributed by atoms with van der Waals surface area (Å²) in [5, 5.41) is 0. The number of benzene rings is 2. The van der Waals surface area contributed by atoms with Crippen molar-refractivity contribution in [2.45, 2.75) is 19.4 Å². The Morgan fingerprint density at radius 1 is 1.26 bits per heavy atom. The molecule has 19 heavy (non-hydrogen) atoms. The maximum absolute atomic E-state index is 14.2. The van der Waals surface area contributed by atoms with E-state index in [0.29, 0.717) is 17.9 Å². The predicted molar refractivity (Wildman–Crippen MR) is 73.7 cm³/mol. The van der Waals surface area contributed by atoms with E-state index < -0.39 is 0 Å². The lowest BCUT2D eigenvalue weighted by Crippen LogP contribution is -2.24. The Kier molecular flexibility index (Phi) is 2.99. The fraction of sp³-hybridized carbons (Fsp3) is 0.250. The summed E-state index contributed by atoms with van der Waals surface area (Å²) in [4.78, 5) is 0. The first-order valence-electron chi connectivity index (χ1n) is 6.45. The molecule has 0 bridgehead atoms. The normalized spacial score (nSPS) is 17.1. The van der Waals surface area contributed by atoms with Gasteiger partial charge in [-0.25, -0.2) is 4.39 Å². The number of nitrogens with two attached hydrogens (primary N) is 1. The van der Waals surface area contributed by atoms with Gasteiger partial charge in [0.25, 0.3) is 0 Å². The number of fused-ring (bicyclic) bond motifs is 1. The van der Waals surface area contributed by atoms with Crippen LogP contribution in [0.4, 0.5) is 4.39 Å². The van der Waals surface area contributed by atoms with Crippen LogP contribution in [-0.4, -0.2) is 12.6 Å². The molecule has 0 saturated carbocycles. The van der Waals surface area contributed by atoms with E-state index in [1.54, 1.807) is 6.07 Å². The standard InChI is InChI=1S/C16H16FNO/c1-10-4-2-3-5-13(10)15-14(17)7-6-11-8-12(9-18)19-16(11)15/h2-7,12H,8-9,18H2,1H3/t12-/m0/s1. The average molecular weight is 257 g/mol. The molecule has 0 unspecified atom stereocenters. The predicted octanol–water partition coefficient (Wildman–Crippen LogP) is 3.06. The van der Waals surface area contributed by atoms with Crippen LogP contribution in [0.2, 0.25) is 0 Å². The van der Waals surface area contributed by atoms with Gasteiger partial charge in [-0.15, -0.1) is 0 Å². The van der Waals surface area contributed by atoms with Gasteiger partial charge in [-0.2, -0.15) is 0 Å². The number of hydrogen-bond acceptors (Lipinski definition) is 2. The Hall–Kier alpha value is -1.87. The number of halogens is 1. The maximum atomic E-state index is 14.2.